The minimum absolute atomic E-state index is 0.121. The molecule has 1 unspecified atom stereocenters. The van der Waals surface area contributed by atoms with Crippen LogP contribution in [0, 0.1) is 17.2 Å². The summed E-state index contributed by atoms with van der Waals surface area (Å²) in [5.41, 5.74) is 3.32. The van der Waals surface area contributed by atoms with Crippen molar-refractivity contribution in [3.63, 3.8) is 0 Å². The number of halogens is 2. The van der Waals surface area contributed by atoms with Crippen LogP contribution in [-0.4, -0.2) is 27.2 Å². The van der Waals surface area contributed by atoms with Crippen LogP contribution in [0.3, 0.4) is 0 Å². The van der Waals surface area contributed by atoms with Gasteiger partial charge in [0.25, 0.3) is 5.56 Å². The van der Waals surface area contributed by atoms with Gasteiger partial charge in [-0.3, -0.25) is 9.78 Å². The predicted molar refractivity (Wildman–Crippen MR) is 111 cm³/mol. The van der Waals surface area contributed by atoms with Crippen LogP contribution in [0.15, 0.2) is 38.0 Å². The van der Waals surface area contributed by atoms with Crippen LogP contribution in [0.5, 0.6) is 5.75 Å². The number of aromatic nitrogens is 3. The smallest absolute Gasteiger partial charge is 0.349 e. The Bertz CT molecular complexity index is 1230. The molecular formula is C19H16Cl2N6O3. The molecule has 0 bridgehead atoms. The molecule has 1 aliphatic carbocycles. The zero-order valence-electron chi connectivity index (χ0n) is 15.8. The van der Waals surface area contributed by atoms with E-state index >= 15 is 0 Å². The fourth-order valence-electron chi connectivity index (χ4n) is 3.60. The Labute approximate surface area is 180 Å². The van der Waals surface area contributed by atoms with Gasteiger partial charge in [-0.25, -0.2) is 4.79 Å². The summed E-state index contributed by atoms with van der Waals surface area (Å²) in [5.74, 6) is 1.05. The van der Waals surface area contributed by atoms with E-state index in [2.05, 4.69) is 22.5 Å². The number of hydrogen-bond acceptors (Lipinski definition) is 7. The lowest BCUT2D eigenvalue weighted by Crippen LogP contribution is -2.33. The molecule has 1 aliphatic heterocycles. The monoisotopic (exact) mass is 446 g/mol. The van der Waals surface area contributed by atoms with Crippen LogP contribution in [0.2, 0.25) is 10.0 Å². The third-order valence-corrected chi connectivity index (χ3v) is 5.68. The average molecular weight is 447 g/mol. The molecule has 2 aromatic rings. The van der Waals surface area contributed by atoms with Crippen LogP contribution >= 0.6 is 23.2 Å². The summed E-state index contributed by atoms with van der Waals surface area (Å²) in [7, 11) is 0. The summed E-state index contributed by atoms with van der Waals surface area (Å²) in [6, 6.07) is 4.44. The lowest BCUT2D eigenvalue weighted by atomic mass is 9.83. The van der Waals surface area contributed by atoms with Crippen LogP contribution in [0.25, 0.3) is 5.69 Å². The zero-order valence-corrected chi connectivity index (χ0v) is 17.3. The Morgan fingerprint density at radius 2 is 2.03 bits per heavy atom. The van der Waals surface area contributed by atoms with Gasteiger partial charge in [0.05, 0.1) is 22.3 Å². The minimum Gasteiger partial charge on any atom is -0.434 e. The van der Waals surface area contributed by atoms with E-state index in [1.165, 1.54) is 17.7 Å². The topological polar surface area (TPSA) is 125 Å². The molecule has 0 amide bonds. The van der Waals surface area contributed by atoms with E-state index in [0.29, 0.717) is 18.4 Å². The van der Waals surface area contributed by atoms with E-state index in [-0.39, 0.29) is 21.5 Å². The molecule has 1 atom stereocenters. The predicted octanol–water partition coefficient (Wildman–Crippen LogP) is 2.51. The average Bonchev–Trinajstić information content (AvgIpc) is 2.71. The van der Waals surface area contributed by atoms with Crippen molar-refractivity contribution in [1.29, 1.82) is 5.26 Å². The van der Waals surface area contributed by atoms with Gasteiger partial charge in [-0.2, -0.15) is 9.94 Å². The highest BCUT2D eigenvalue weighted by molar-refractivity contribution is 6.37. The van der Waals surface area contributed by atoms with Gasteiger partial charge in [-0.1, -0.05) is 30.1 Å². The highest BCUT2D eigenvalue weighted by Crippen LogP contribution is 2.38. The number of aromatic amines is 1. The normalized spacial score (nSPS) is 18.2. The van der Waals surface area contributed by atoms with Crippen molar-refractivity contribution in [1.82, 2.24) is 20.2 Å². The standard InChI is InChI=1S/C19H16Cl2N6O3/c1-9-3-2-4-11-12(9)8-23-25-18(11)30-16-13(20)5-10(6-14(16)21)27-19(29)24-17(28)15(7-22)26-27/h5-6,9,23H,2-4,8H2,1H3,(H,24,28,29). The molecular weight excluding hydrogens is 431 g/mol. The van der Waals surface area contributed by atoms with E-state index in [1.54, 1.807) is 6.07 Å². The van der Waals surface area contributed by atoms with Crippen molar-refractivity contribution in [2.45, 2.75) is 26.2 Å². The van der Waals surface area contributed by atoms with Gasteiger partial charge in [-0.05, 0) is 42.9 Å². The zero-order chi connectivity index (χ0) is 21.4. The summed E-state index contributed by atoms with van der Waals surface area (Å²) in [6.07, 6.45) is 3.03. The molecule has 4 rings (SSSR count). The van der Waals surface area contributed by atoms with Crippen LogP contribution in [0.1, 0.15) is 31.9 Å². The third-order valence-electron chi connectivity index (χ3n) is 5.11. The number of benzene rings is 1. The highest BCUT2D eigenvalue weighted by Gasteiger charge is 2.28. The van der Waals surface area contributed by atoms with E-state index in [0.717, 1.165) is 29.5 Å². The molecule has 154 valence electrons. The van der Waals surface area contributed by atoms with Crippen molar-refractivity contribution >= 4 is 29.1 Å². The van der Waals surface area contributed by atoms with Gasteiger partial charge in [0.1, 0.15) is 6.07 Å². The summed E-state index contributed by atoms with van der Waals surface area (Å²) in [4.78, 5) is 25.7. The second-order valence-corrected chi connectivity index (χ2v) is 7.84. The SMILES string of the molecule is CC1CCCC2=C1CNN=C2Oc1c(Cl)cc(-n2nc(C#N)c(=O)[nH]c2=O)cc1Cl. The van der Waals surface area contributed by atoms with Crippen molar-refractivity contribution < 1.29 is 4.74 Å². The molecule has 1 aromatic heterocycles. The summed E-state index contributed by atoms with van der Waals surface area (Å²) in [5, 5.41) is 17.3. The highest BCUT2D eigenvalue weighted by atomic mass is 35.5. The lowest BCUT2D eigenvalue weighted by Gasteiger charge is -2.29. The largest absolute Gasteiger partial charge is 0.434 e. The Morgan fingerprint density at radius 1 is 1.30 bits per heavy atom. The van der Waals surface area contributed by atoms with Crippen molar-refractivity contribution in [2.24, 2.45) is 11.0 Å². The number of ether oxygens (including phenoxy) is 1. The van der Waals surface area contributed by atoms with Gasteiger partial charge in [0, 0.05) is 5.57 Å². The van der Waals surface area contributed by atoms with E-state index in [1.807, 2.05) is 4.98 Å². The van der Waals surface area contributed by atoms with Crippen molar-refractivity contribution in [2.75, 3.05) is 6.54 Å². The lowest BCUT2D eigenvalue weighted by molar-refractivity contribution is 0.476. The number of hydrogen-bond donors (Lipinski definition) is 2. The first-order valence-electron chi connectivity index (χ1n) is 9.23. The quantitative estimate of drug-likeness (QED) is 0.729. The third kappa shape index (κ3) is 3.60. The van der Waals surface area contributed by atoms with Gasteiger partial charge < -0.3 is 10.2 Å². The van der Waals surface area contributed by atoms with Gasteiger partial charge in [0.2, 0.25) is 11.6 Å². The summed E-state index contributed by atoms with van der Waals surface area (Å²) < 4.78 is 6.81. The van der Waals surface area contributed by atoms with Crippen LogP contribution in [0.4, 0.5) is 0 Å². The fourth-order valence-corrected chi connectivity index (χ4v) is 4.15. The second kappa shape index (κ2) is 7.97. The maximum atomic E-state index is 12.1. The number of rotatable bonds is 2. The Balaban J connectivity index is 1.72. The Kier molecular flexibility index (Phi) is 5.37. The van der Waals surface area contributed by atoms with Crippen LogP contribution in [-0.2, 0) is 0 Å². The molecule has 0 fully saturated rings. The first-order chi connectivity index (χ1) is 14.4. The fraction of sp³-hybridized carbons (Fsp3) is 0.316. The molecule has 11 heteroatoms. The first-order valence-corrected chi connectivity index (χ1v) is 9.98. The second-order valence-electron chi connectivity index (χ2n) is 7.02. The number of H-pyrrole nitrogens is 1. The van der Waals surface area contributed by atoms with Gasteiger partial charge in [-0.15, -0.1) is 10.2 Å². The maximum absolute atomic E-state index is 12.1. The Morgan fingerprint density at radius 3 is 2.73 bits per heavy atom. The van der Waals surface area contributed by atoms with E-state index in [9.17, 15) is 9.59 Å². The van der Waals surface area contributed by atoms with E-state index < -0.39 is 16.9 Å². The van der Waals surface area contributed by atoms with Gasteiger partial charge in [0.15, 0.2) is 5.75 Å². The molecule has 30 heavy (non-hydrogen) atoms. The van der Waals surface area contributed by atoms with Gasteiger partial charge >= 0.3 is 5.69 Å². The first kappa shape index (κ1) is 20.2. The number of nitrogens with zero attached hydrogens (tertiary/aromatic N) is 4. The molecule has 2 heterocycles. The molecule has 0 spiro atoms. The number of nitriles is 1. The molecule has 2 N–H and O–H groups in total. The molecule has 0 radical (unpaired) electrons. The van der Waals surface area contributed by atoms with E-state index in [4.69, 9.17) is 33.2 Å². The maximum Gasteiger partial charge on any atom is 0.349 e. The summed E-state index contributed by atoms with van der Waals surface area (Å²) >= 11 is 12.8. The van der Waals surface area contributed by atoms with Crippen molar-refractivity contribution in [3.05, 3.63) is 59.9 Å². The molecule has 9 nitrogen and oxygen atoms in total. The van der Waals surface area contributed by atoms with Crippen molar-refractivity contribution in [3.8, 4) is 17.5 Å². The molecule has 1 aromatic carbocycles. The minimum atomic E-state index is -0.871. The Hall–Kier alpha value is -3.09. The number of nitrogens with one attached hydrogen (secondary N) is 2. The number of hydrazone groups is 1. The molecule has 0 saturated carbocycles. The van der Waals surface area contributed by atoms with Crippen LogP contribution < -0.4 is 21.4 Å². The molecule has 2 aliphatic rings. The molecule has 0 saturated heterocycles. The summed E-state index contributed by atoms with van der Waals surface area (Å²) in [6.45, 7) is 2.87.